The zero-order chi connectivity index (χ0) is 13.8. The van der Waals surface area contributed by atoms with Gasteiger partial charge in [0.2, 0.25) is 0 Å². The molecule has 2 rings (SSSR count). The summed E-state index contributed by atoms with van der Waals surface area (Å²) in [5.41, 5.74) is 7.47. The van der Waals surface area contributed by atoms with Crippen LogP contribution in [0.3, 0.4) is 0 Å². The number of benzene rings is 2. The van der Waals surface area contributed by atoms with Crippen LogP contribution in [0.1, 0.15) is 11.1 Å². The predicted octanol–water partition coefficient (Wildman–Crippen LogP) is 3.57. The second kappa shape index (κ2) is 5.80. The fourth-order valence-electron chi connectivity index (χ4n) is 1.74. The van der Waals surface area contributed by atoms with Gasteiger partial charge in [0.05, 0.1) is 0 Å². The highest BCUT2D eigenvalue weighted by molar-refractivity contribution is 5.40. The van der Waals surface area contributed by atoms with Crippen molar-refractivity contribution >= 4 is 0 Å². The summed E-state index contributed by atoms with van der Waals surface area (Å²) in [6.07, 6.45) is 0.744. The molecule has 0 atom stereocenters. The molecule has 2 aromatic carbocycles. The molecular weight excluding hydrogens is 248 g/mol. The summed E-state index contributed by atoms with van der Waals surface area (Å²) >= 11 is 0. The molecule has 19 heavy (non-hydrogen) atoms. The highest BCUT2D eigenvalue weighted by atomic mass is 19.2. The largest absolute Gasteiger partial charge is 0.457 e. The molecule has 2 N–H and O–H groups in total. The highest BCUT2D eigenvalue weighted by Gasteiger charge is 2.07. The molecular formula is C15H15F2NO. The second-order valence-electron chi connectivity index (χ2n) is 4.32. The monoisotopic (exact) mass is 263 g/mol. The van der Waals surface area contributed by atoms with Crippen molar-refractivity contribution in [2.45, 2.75) is 13.3 Å². The molecule has 0 unspecified atom stereocenters. The predicted molar refractivity (Wildman–Crippen MR) is 70.4 cm³/mol. The molecule has 4 heteroatoms. The number of hydrogen-bond acceptors (Lipinski definition) is 2. The van der Waals surface area contributed by atoms with Crippen LogP contribution in [0.25, 0.3) is 0 Å². The van der Waals surface area contributed by atoms with Gasteiger partial charge in [0, 0.05) is 6.07 Å². The van der Waals surface area contributed by atoms with Gasteiger partial charge < -0.3 is 10.5 Å². The van der Waals surface area contributed by atoms with E-state index < -0.39 is 11.6 Å². The molecule has 0 amide bonds. The topological polar surface area (TPSA) is 35.2 Å². The smallest absolute Gasteiger partial charge is 0.162 e. The van der Waals surface area contributed by atoms with Crippen LogP contribution in [-0.2, 0) is 6.42 Å². The quantitative estimate of drug-likeness (QED) is 0.915. The molecule has 2 nitrogen and oxygen atoms in total. The molecule has 0 saturated heterocycles. The van der Waals surface area contributed by atoms with Crippen molar-refractivity contribution in [3.05, 3.63) is 59.2 Å². The minimum Gasteiger partial charge on any atom is -0.457 e. The Morgan fingerprint density at radius 1 is 1.05 bits per heavy atom. The van der Waals surface area contributed by atoms with Crippen molar-refractivity contribution in [2.75, 3.05) is 6.54 Å². The van der Waals surface area contributed by atoms with Crippen molar-refractivity contribution in [3.63, 3.8) is 0 Å². The summed E-state index contributed by atoms with van der Waals surface area (Å²) in [6.45, 7) is 2.44. The summed E-state index contributed by atoms with van der Waals surface area (Å²) in [7, 11) is 0. The molecule has 0 radical (unpaired) electrons. The van der Waals surface area contributed by atoms with E-state index in [2.05, 4.69) is 0 Å². The van der Waals surface area contributed by atoms with Crippen molar-refractivity contribution in [1.29, 1.82) is 0 Å². The van der Waals surface area contributed by atoms with Gasteiger partial charge in [-0.05, 0) is 49.2 Å². The van der Waals surface area contributed by atoms with Gasteiger partial charge in [0.15, 0.2) is 11.6 Å². The number of aryl methyl sites for hydroxylation is 1. The maximum atomic E-state index is 13.1. The van der Waals surface area contributed by atoms with Crippen LogP contribution in [0.5, 0.6) is 11.5 Å². The van der Waals surface area contributed by atoms with E-state index in [4.69, 9.17) is 10.5 Å². The Kier molecular flexibility index (Phi) is 4.12. The van der Waals surface area contributed by atoms with Gasteiger partial charge in [-0.2, -0.15) is 0 Å². The zero-order valence-electron chi connectivity index (χ0n) is 10.6. The fourth-order valence-corrected chi connectivity index (χ4v) is 1.74. The molecule has 100 valence electrons. The minimum atomic E-state index is -0.923. The van der Waals surface area contributed by atoms with Gasteiger partial charge in [-0.1, -0.05) is 12.1 Å². The van der Waals surface area contributed by atoms with Gasteiger partial charge in [0.25, 0.3) is 0 Å². The van der Waals surface area contributed by atoms with Crippen molar-refractivity contribution < 1.29 is 13.5 Å². The fraction of sp³-hybridized carbons (Fsp3) is 0.200. The number of ether oxygens (including phenoxy) is 1. The normalized spacial score (nSPS) is 10.5. The molecule has 0 aliphatic heterocycles. The molecule has 0 fully saturated rings. The van der Waals surface area contributed by atoms with E-state index in [1.54, 1.807) is 0 Å². The Morgan fingerprint density at radius 3 is 2.53 bits per heavy atom. The highest BCUT2D eigenvalue weighted by Crippen LogP contribution is 2.27. The Hall–Kier alpha value is -1.94. The molecule has 0 spiro atoms. The third kappa shape index (κ3) is 3.29. The summed E-state index contributed by atoms with van der Waals surface area (Å²) in [5, 5.41) is 0. The van der Waals surface area contributed by atoms with E-state index in [9.17, 15) is 8.78 Å². The standard InChI is InChI=1S/C15H15F2NO/c1-10-2-3-11(6-7-18)8-15(10)19-12-4-5-13(16)14(17)9-12/h2-5,8-9H,6-7,18H2,1H3. The first-order valence-corrected chi connectivity index (χ1v) is 6.02. The van der Waals surface area contributed by atoms with Crippen LogP contribution in [-0.4, -0.2) is 6.54 Å². The van der Waals surface area contributed by atoms with Gasteiger partial charge in [-0.3, -0.25) is 0 Å². The van der Waals surface area contributed by atoms with E-state index in [0.717, 1.165) is 29.7 Å². The van der Waals surface area contributed by atoms with E-state index in [-0.39, 0.29) is 5.75 Å². The van der Waals surface area contributed by atoms with E-state index in [1.807, 2.05) is 25.1 Å². The Morgan fingerprint density at radius 2 is 1.84 bits per heavy atom. The van der Waals surface area contributed by atoms with Crippen LogP contribution < -0.4 is 10.5 Å². The molecule has 2 aromatic rings. The number of nitrogens with two attached hydrogens (primary N) is 1. The van der Waals surface area contributed by atoms with E-state index in [1.165, 1.54) is 6.07 Å². The lowest BCUT2D eigenvalue weighted by molar-refractivity contribution is 0.458. The number of halogens is 2. The van der Waals surface area contributed by atoms with Crippen LogP contribution in [0, 0.1) is 18.6 Å². The summed E-state index contributed by atoms with van der Waals surface area (Å²) in [6, 6.07) is 9.23. The van der Waals surface area contributed by atoms with Crippen LogP contribution in [0.4, 0.5) is 8.78 Å². The third-order valence-electron chi connectivity index (χ3n) is 2.80. The second-order valence-corrected chi connectivity index (χ2v) is 4.32. The Bertz CT molecular complexity index is 584. The molecule has 0 aliphatic carbocycles. The van der Waals surface area contributed by atoms with Gasteiger partial charge >= 0.3 is 0 Å². The molecule has 0 heterocycles. The molecule has 0 aliphatic rings. The number of rotatable bonds is 4. The first kappa shape index (κ1) is 13.5. The Labute approximate surface area is 110 Å². The average Bonchev–Trinajstić information content (AvgIpc) is 2.38. The first-order valence-electron chi connectivity index (χ1n) is 6.02. The van der Waals surface area contributed by atoms with Crippen LogP contribution >= 0.6 is 0 Å². The average molecular weight is 263 g/mol. The molecule has 0 aromatic heterocycles. The van der Waals surface area contributed by atoms with Gasteiger partial charge in [-0.25, -0.2) is 8.78 Å². The van der Waals surface area contributed by atoms with E-state index in [0.29, 0.717) is 12.3 Å². The van der Waals surface area contributed by atoms with Crippen molar-refractivity contribution in [1.82, 2.24) is 0 Å². The minimum absolute atomic E-state index is 0.270. The van der Waals surface area contributed by atoms with Gasteiger partial charge in [-0.15, -0.1) is 0 Å². The van der Waals surface area contributed by atoms with Gasteiger partial charge in [0.1, 0.15) is 11.5 Å². The van der Waals surface area contributed by atoms with Crippen molar-refractivity contribution in [2.24, 2.45) is 5.73 Å². The number of hydrogen-bond donors (Lipinski definition) is 1. The first-order chi connectivity index (χ1) is 9.10. The third-order valence-corrected chi connectivity index (χ3v) is 2.80. The Balaban J connectivity index is 2.26. The summed E-state index contributed by atoms with van der Waals surface area (Å²) in [5.74, 6) is -0.918. The molecule has 0 bridgehead atoms. The van der Waals surface area contributed by atoms with Crippen LogP contribution in [0.15, 0.2) is 36.4 Å². The zero-order valence-corrected chi connectivity index (χ0v) is 10.6. The van der Waals surface area contributed by atoms with Crippen molar-refractivity contribution in [3.8, 4) is 11.5 Å². The summed E-state index contributed by atoms with van der Waals surface area (Å²) in [4.78, 5) is 0. The lowest BCUT2D eigenvalue weighted by Gasteiger charge is -2.10. The van der Waals surface area contributed by atoms with E-state index >= 15 is 0 Å². The lowest BCUT2D eigenvalue weighted by atomic mass is 10.1. The molecule has 0 saturated carbocycles. The SMILES string of the molecule is Cc1ccc(CCN)cc1Oc1ccc(F)c(F)c1. The summed E-state index contributed by atoms with van der Waals surface area (Å²) < 4.78 is 31.5. The maximum Gasteiger partial charge on any atom is 0.162 e. The maximum absolute atomic E-state index is 13.1. The lowest BCUT2D eigenvalue weighted by Crippen LogP contribution is -2.03. The van der Waals surface area contributed by atoms with Crippen LogP contribution in [0.2, 0.25) is 0 Å².